The van der Waals surface area contributed by atoms with Gasteiger partial charge in [0.15, 0.2) is 5.92 Å². The van der Waals surface area contributed by atoms with Crippen LogP contribution in [0, 0.1) is 27.3 Å². The van der Waals surface area contributed by atoms with Crippen LogP contribution < -0.4 is 0 Å². The predicted octanol–water partition coefficient (Wildman–Crippen LogP) is 2.93. The number of hydrogen-bond acceptors (Lipinski definition) is 5. The minimum Gasteiger partial charge on any atom is -0.465 e. The van der Waals surface area contributed by atoms with E-state index < -0.39 is 28.3 Å². The van der Waals surface area contributed by atoms with Gasteiger partial charge in [0.2, 0.25) is 0 Å². The average Bonchev–Trinajstić information content (AvgIpc) is 2.43. The Balaban J connectivity index is 0.00000172. The van der Waals surface area contributed by atoms with E-state index >= 15 is 0 Å². The molecule has 0 amide bonds. The van der Waals surface area contributed by atoms with Crippen molar-refractivity contribution in [2.24, 2.45) is 0 Å². The number of ether oxygens (including phenoxy) is 1. The zero-order valence-corrected chi connectivity index (χ0v) is 11.4. The summed E-state index contributed by atoms with van der Waals surface area (Å²) < 4.78 is 18.2. The summed E-state index contributed by atoms with van der Waals surface area (Å²) in [6.07, 6.45) is 0. The Morgan fingerprint density at radius 1 is 1.55 bits per heavy atom. The second-order valence-corrected chi connectivity index (χ2v) is 3.28. The van der Waals surface area contributed by atoms with Crippen LogP contribution in [0.2, 0.25) is 0 Å². The van der Waals surface area contributed by atoms with Gasteiger partial charge in [-0.2, -0.15) is 5.26 Å². The summed E-state index contributed by atoms with van der Waals surface area (Å²) in [4.78, 5) is 21.1. The lowest BCUT2D eigenvalue weighted by atomic mass is 10.00. The number of nitrogens with zero attached hydrogens (tertiary/aromatic N) is 2. The van der Waals surface area contributed by atoms with Gasteiger partial charge < -0.3 is 4.74 Å². The van der Waals surface area contributed by atoms with Crippen molar-refractivity contribution in [3.05, 3.63) is 39.7 Å². The van der Waals surface area contributed by atoms with Gasteiger partial charge in [0.25, 0.3) is 5.69 Å². The molecule has 0 aliphatic heterocycles. The average molecular weight is 282 g/mol. The van der Waals surface area contributed by atoms with Crippen LogP contribution in [0.4, 0.5) is 10.1 Å². The van der Waals surface area contributed by atoms with E-state index in [1.165, 1.54) is 0 Å². The zero-order chi connectivity index (χ0) is 15.7. The summed E-state index contributed by atoms with van der Waals surface area (Å²) in [6, 6.07) is 4.34. The number of esters is 1. The maximum absolute atomic E-state index is 13.6. The van der Waals surface area contributed by atoms with Crippen LogP contribution in [0.1, 0.15) is 32.3 Å². The van der Waals surface area contributed by atoms with Crippen LogP contribution in [0.15, 0.2) is 18.2 Å². The molecule has 108 valence electrons. The lowest BCUT2D eigenvalue weighted by Crippen LogP contribution is -2.15. The quantitative estimate of drug-likeness (QED) is 0.481. The molecule has 0 spiro atoms. The van der Waals surface area contributed by atoms with Gasteiger partial charge in [-0.3, -0.25) is 14.9 Å². The van der Waals surface area contributed by atoms with Crippen molar-refractivity contribution in [2.75, 3.05) is 6.61 Å². The first-order valence-corrected chi connectivity index (χ1v) is 6.01. The van der Waals surface area contributed by atoms with Crippen molar-refractivity contribution in [3.8, 4) is 6.07 Å². The summed E-state index contributed by atoms with van der Waals surface area (Å²) in [5.41, 5.74) is -0.682. The minimum atomic E-state index is -1.43. The van der Waals surface area contributed by atoms with E-state index in [1.54, 1.807) is 13.0 Å². The molecular weight excluding hydrogens is 267 g/mol. The molecule has 1 aromatic carbocycles. The molecule has 0 radical (unpaired) electrons. The van der Waals surface area contributed by atoms with Gasteiger partial charge in [-0.05, 0) is 13.0 Å². The molecule has 0 heterocycles. The molecule has 0 fully saturated rings. The highest BCUT2D eigenvalue weighted by Gasteiger charge is 2.26. The Bertz CT molecular complexity index is 526. The molecule has 0 saturated carbocycles. The number of benzene rings is 1. The van der Waals surface area contributed by atoms with Crippen LogP contribution in [0.5, 0.6) is 0 Å². The third kappa shape index (κ3) is 4.31. The molecule has 0 bridgehead atoms. The predicted molar refractivity (Wildman–Crippen MR) is 69.4 cm³/mol. The van der Waals surface area contributed by atoms with Gasteiger partial charge in [-0.15, -0.1) is 0 Å². The van der Waals surface area contributed by atoms with Crippen molar-refractivity contribution in [1.29, 1.82) is 5.26 Å². The highest BCUT2D eigenvalue weighted by atomic mass is 19.1. The van der Waals surface area contributed by atoms with Gasteiger partial charge in [0.1, 0.15) is 5.82 Å². The van der Waals surface area contributed by atoms with Crippen molar-refractivity contribution >= 4 is 11.7 Å². The summed E-state index contributed by atoms with van der Waals surface area (Å²) in [5.74, 6) is -3.29. The lowest BCUT2D eigenvalue weighted by Gasteiger charge is -2.09. The second-order valence-electron chi connectivity index (χ2n) is 3.28. The van der Waals surface area contributed by atoms with Crippen molar-refractivity contribution < 1.29 is 18.8 Å². The van der Waals surface area contributed by atoms with Gasteiger partial charge in [-0.25, -0.2) is 4.39 Å². The molecule has 6 nitrogen and oxygen atoms in total. The Labute approximate surface area is 115 Å². The Kier molecular flexibility index (Phi) is 7.52. The smallest absolute Gasteiger partial charge is 0.328 e. The van der Waals surface area contributed by atoms with E-state index in [1.807, 2.05) is 13.8 Å². The maximum atomic E-state index is 13.6. The number of carbonyl (C=O) groups is 1. The third-order valence-electron chi connectivity index (χ3n) is 2.16. The fourth-order valence-corrected chi connectivity index (χ4v) is 1.34. The van der Waals surface area contributed by atoms with Gasteiger partial charge in [0, 0.05) is 11.6 Å². The molecule has 1 aromatic rings. The van der Waals surface area contributed by atoms with Crippen LogP contribution in [-0.4, -0.2) is 17.5 Å². The molecule has 0 aliphatic carbocycles. The number of rotatable bonds is 4. The van der Waals surface area contributed by atoms with E-state index in [0.717, 1.165) is 12.1 Å². The zero-order valence-electron chi connectivity index (χ0n) is 11.4. The second kappa shape index (κ2) is 8.58. The Morgan fingerprint density at radius 3 is 2.55 bits per heavy atom. The summed E-state index contributed by atoms with van der Waals surface area (Å²) >= 11 is 0. The SMILES string of the molecule is CC.CCOC(=O)C(C#N)c1ccc([N+](=O)[O-])cc1F. The topological polar surface area (TPSA) is 93.2 Å². The number of non-ortho nitro benzene ring substituents is 1. The van der Waals surface area contributed by atoms with Crippen LogP contribution >= 0.6 is 0 Å². The Hall–Kier alpha value is -2.49. The molecular formula is C13H15FN2O4. The van der Waals surface area contributed by atoms with E-state index in [2.05, 4.69) is 4.74 Å². The Morgan fingerprint density at radius 2 is 2.15 bits per heavy atom. The molecule has 1 rings (SSSR count). The fraction of sp³-hybridized carbons (Fsp3) is 0.385. The minimum absolute atomic E-state index is 0.0611. The van der Waals surface area contributed by atoms with E-state index in [-0.39, 0.29) is 12.2 Å². The highest BCUT2D eigenvalue weighted by Crippen LogP contribution is 2.24. The number of nitro benzene ring substituents is 1. The number of carbonyl (C=O) groups excluding carboxylic acids is 1. The van der Waals surface area contributed by atoms with E-state index in [0.29, 0.717) is 6.07 Å². The maximum Gasteiger partial charge on any atom is 0.328 e. The van der Waals surface area contributed by atoms with E-state index in [9.17, 15) is 19.3 Å². The van der Waals surface area contributed by atoms with E-state index in [4.69, 9.17) is 5.26 Å². The number of hydrogen-bond donors (Lipinski definition) is 0. The monoisotopic (exact) mass is 282 g/mol. The molecule has 7 heteroatoms. The molecule has 20 heavy (non-hydrogen) atoms. The van der Waals surface area contributed by atoms with Crippen molar-refractivity contribution in [3.63, 3.8) is 0 Å². The summed E-state index contributed by atoms with van der Waals surface area (Å²) in [7, 11) is 0. The number of halogens is 1. The summed E-state index contributed by atoms with van der Waals surface area (Å²) in [5, 5.41) is 19.3. The lowest BCUT2D eigenvalue weighted by molar-refractivity contribution is -0.385. The normalized spacial score (nSPS) is 10.6. The first kappa shape index (κ1) is 17.5. The third-order valence-corrected chi connectivity index (χ3v) is 2.16. The fourth-order valence-electron chi connectivity index (χ4n) is 1.34. The highest BCUT2D eigenvalue weighted by molar-refractivity contribution is 5.81. The van der Waals surface area contributed by atoms with Crippen molar-refractivity contribution in [1.82, 2.24) is 0 Å². The van der Waals surface area contributed by atoms with Crippen LogP contribution in [-0.2, 0) is 9.53 Å². The van der Waals surface area contributed by atoms with Crippen molar-refractivity contribution in [2.45, 2.75) is 26.7 Å². The van der Waals surface area contributed by atoms with Crippen LogP contribution in [0.25, 0.3) is 0 Å². The standard InChI is InChI=1S/C11H9FN2O4.C2H6/c1-2-18-11(15)9(6-13)8-4-3-7(14(16)17)5-10(8)12;1-2/h3-5,9H,2H2,1H3;1-2H3. The first-order valence-electron chi connectivity index (χ1n) is 6.01. The molecule has 0 aliphatic rings. The van der Waals surface area contributed by atoms with Gasteiger partial charge in [0.05, 0.1) is 23.7 Å². The number of nitriles is 1. The largest absolute Gasteiger partial charge is 0.465 e. The molecule has 1 atom stereocenters. The molecule has 1 unspecified atom stereocenters. The molecule has 0 aromatic heterocycles. The number of nitro groups is 1. The van der Waals surface area contributed by atoms with Crippen LogP contribution in [0.3, 0.4) is 0 Å². The molecule has 0 N–H and O–H groups in total. The molecule has 0 saturated heterocycles. The summed E-state index contributed by atoms with van der Waals surface area (Å²) in [6.45, 7) is 5.62. The van der Waals surface area contributed by atoms with Gasteiger partial charge in [-0.1, -0.05) is 13.8 Å². The first-order chi connectivity index (χ1) is 9.51. The van der Waals surface area contributed by atoms with Gasteiger partial charge >= 0.3 is 5.97 Å².